The molecule has 4 aromatic rings. The maximum absolute atomic E-state index is 13.0. The number of nitrogens with one attached hydrogen (secondary N) is 1. The zero-order valence-electron chi connectivity index (χ0n) is 18.0. The van der Waals surface area contributed by atoms with Crippen LogP contribution in [0.25, 0.3) is 22.0 Å². The molecule has 8 heteroatoms. The van der Waals surface area contributed by atoms with Crippen LogP contribution in [0.3, 0.4) is 0 Å². The molecule has 0 radical (unpaired) electrons. The number of rotatable bonds is 5. The number of nitrogens with zero attached hydrogens (tertiary/aromatic N) is 1. The quantitative estimate of drug-likeness (QED) is 0.350. The lowest BCUT2D eigenvalue weighted by atomic mass is 9.98. The second-order valence-electron chi connectivity index (χ2n) is 7.40. The predicted octanol–water partition coefficient (Wildman–Crippen LogP) is 6.35. The van der Waals surface area contributed by atoms with Crippen LogP contribution in [0.4, 0.5) is 18.9 Å². The zero-order valence-corrected chi connectivity index (χ0v) is 18.0. The highest BCUT2D eigenvalue weighted by Gasteiger charge is 2.30. The molecule has 0 atom stereocenters. The largest absolute Gasteiger partial charge is 0.461 e. The van der Waals surface area contributed by atoms with E-state index in [1.165, 1.54) is 12.1 Å². The van der Waals surface area contributed by atoms with Crippen molar-refractivity contribution < 1.29 is 27.5 Å². The number of carbonyl (C=O) groups is 2. The van der Waals surface area contributed by atoms with Gasteiger partial charge in [0.2, 0.25) is 0 Å². The molecule has 34 heavy (non-hydrogen) atoms. The van der Waals surface area contributed by atoms with Gasteiger partial charge in [0.1, 0.15) is 5.69 Å². The molecule has 0 saturated heterocycles. The summed E-state index contributed by atoms with van der Waals surface area (Å²) in [6.07, 6.45) is -4.44. The number of amides is 1. The molecule has 172 valence electrons. The molecule has 5 nitrogen and oxygen atoms in total. The minimum Gasteiger partial charge on any atom is -0.461 e. The molecule has 0 unspecified atom stereocenters. The first-order valence-electron chi connectivity index (χ1n) is 10.4. The van der Waals surface area contributed by atoms with E-state index in [0.717, 1.165) is 17.5 Å². The molecule has 1 N–H and O–H groups in total. The molecule has 4 rings (SSSR count). The molecular formula is C26H19F3N2O3. The summed E-state index contributed by atoms with van der Waals surface area (Å²) < 4.78 is 43.7. The summed E-state index contributed by atoms with van der Waals surface area (Å²) in [5, 5.41) is 3.57. The number of ether oxygens (including phenoxy) is 1. The molecule has 1 heterocycles. The van der Waals surface area contributed by atoms with Crippen LogP contribution in [0, 0.1) is 0 Å². The van der Waals surface area contributed by atoms with Gasteiger partial charge in [-0.3, -0.25) is 4.79 Å². The van der Waals surface area contributed by atoms with Gasteiger partial charge in [0.15, 0.2) is 0 Å². The number of carbonyl (C=O) groups excluding carboxylic acids is 2. The van der Waals surface area contributed by atoms with Crippen molar-refractivity contribution in [3.63, 3.8) is 0 Å². The third-order valence-electron chi connectivity index (χ3n) is 5.13. The Labute approximate surface area is 193 Å². The van der Waals surface area contributed by atoms with Gasteiger partial charge < -0.3 is 10.1 Å². The Hall–Kier alpha value is -4.20. The summed E-state index contributed by atoms with van der Waals surface area (Å²) in [5.74, 6) is -0.972. The average molecular weight is 464 g/mol. The van der Waals surface area contributed by atoms with Gasteiger partial charge >= 0.3 is 12.1 Å². The fraction of sp³-hybridized carbons (Fsp3) is 0.115. The number of benzene rings is 3. The Kier molecular flexibility index (Phi) is 6.32. The molecule has 1 amide bonds. The van der Waals surface area contributed by atoms with E-state index in [1.807, 2.05) is 0 Å². The minimum atomic E-state index is -4.44. The van der Waals surface area contributed by atoms with Crippen LogP contribution in [-0.4, -0.2) is 23.5 Å². The summed E-state index contributed by atoms with van der Waals surface area (Å²) in [6, 6.07) is 19.7. The number of hydrogen-bond donors (Lipinski definition) is 1. The van der Waals surface area contributed by atoms with Crippen molar-refractivity contribution in [1.29, 1.82) is 0 Å². The Morgan fingerprint density at radius 1 is 0.941 bits per heavy atom. The van der Waals surface area contributed by atoms with Crippen molar-refractivity contribution in [1.82, 2.24) is 4.98 Å². The Balaban J connectivity index is 1.61. The zero-order chi connectivity index (χ0) is 24.3. The van der Waals surface area contributed by atoms with Crippen molar-refractivity contribution >= 4 is 28.5 Å². The van der Waals surface area contributed by atoms with Crippen LogP contribution in [0.2, 0.25) is 0 Å². The van der Waals surface area contributed by atoms with E-state index in [-0.39, 0.29) is 12.3 Å². The second kappa shape index (κ2) is 9.35. The molecule has 0 bridgehead atoms. The number of anilines is 1. The van der Waals surface area contributed by atoms with E-state index < -0.39 is 23.6 Å². The Bertz CT molecular complexity index is 1370. The number of alkyl halides is 3. The smallest absolute Gasteiger partial charge is 0.416 e. The van der Waals surface area contributed by atoms with Crippen LogP contribution in [0.1, 0.15) is 33.3 Å². The lowest BCUT2D eigenvalue weighted by molar-refractivity contribution is -0.137. The van der Waals surface area contributed by atoms with E-state index in [2.05, 4.69) is 10.3 Å². The van der Waals surface area contributed by atoms with E-state index in [9.17, 15) is 22.8 Å². The lowest BCUT2D eigenvalue weighted by Crippen LogP contribution is -2.13. The van der Waals surface area contributed by atoms with Gasteiger partial charge in [0, 0.05) is 16.6 Å². The first-order chi connectivity index (χ1) is 16.3. The van der Waals surface area contributed by atoms with Crippen LogP contribution in [0.5, 0.6) is 0 Å². The topological polar surface area (TPSA) is 68.3 Å². The number of pyridine rings is 1. The molecule has 1 aromatic heterocycles. The summed E-state index contributed by atoms with van der Waals surface area (Å²) in [7, 11) is 0. The standard InChI is InChI=1S/C26H19F3N2O3/c1-2-34-25(33)22-14-10-17-9-13-19(15-23(17)31-22)30-24(32)21-6-4-3-5-20(21)16-7-11-18(12-8-16)26(27,28)29/h3-15H,2H2,1H3,(H,30,32). The fourth-order valence-electron chi connectivity index (χ4n) is 3.48. The van der Waals surface area contributed by atoms with Crippen molar-refractivity contribution in [3.8, 4) is 11.1 Å². The summed E-state index contributed by atoms with van der Waals surface area (Å²) >= 11 is 0. The first-order valence-corrected chi connectivity index (χ1v) is 10.4. The summed E-state index contributed by atoms with van der Waals surface area (Å²) in [6.45, 7) is 1.93. The van der Waals surface area contributed by atoms with Crippen molar-refractivity contribution in [2.24, 2.45) is 0 Å². The highest BCUT2D eigenvalue weighted by molar-refractivity contribution is 6.09. The number of fused-ring (bicyclic) bond motifs is 1. The molecule has 0 aliphatic rings. The van der Waals surface area contributed by atoms with Gasteiger partial charge in [-0.15, -0.1) is 0 Å². The van der Waals surface area contributed by atoms with Gasteiger partial charge in [-0.05, 0) is 54.4 Å². The maximum atomic E-state index is 13.0. The normalized spacial score (nSPS) is 11.3. The van der Waals surface area contributed by atoms with E-state index >= 15 is 0 Å². The summed E-state index contributed by atoms with van der Waals surface area (Å²) in [5.41, 5.74) is 1.63. The number of esters is 1. The van der Waals surface area contributed by atoms with Crippen molar-refractivity contribution in [2.45, 2.75) is 13.1 Å². The van der Waals surface area contributed by atoms with Crippen LogP contribution >= 0.6 is 0 Å². The molecule has 0 saturated carbocycles. The number of hydrogen-bond acceptors (Lipinski definition) is 4. The third-order valence-corrected chi connectivity index (χ3v) is 5.13. The van der Waals surface area contributed by atoms with Crippen molar-refractivity contribution in [3.05, 3.63) is 95.7 Å². The summed E-state index contributed by atoms with van der Waals surface area (Å²) in [4.78, 5) is 29.3. The monoisotopic (exact) mass is 464 g/mol. The van der Waals surface area contributed by atoms with E-state index in [4.69, 9.17) is 4.74 Å². The number of aromatic nitrogens is 1. The molecule has 0 aliphatic heterocycles. The highest BCUT2D eigenvalue weighted by Crippen LogP contribution is 2.32. The predicted molar refractivity (Wildman–Crippen MR) is 123 cm³/mol. The molecule has 3 aromatic carbocycles. The van der Waals surface area contributed by atoms with Gasteiger partial charge in [-0.1, -0.05) is 42.5 Å². The fourth-order valence-corrected chi connectivity index (χ4v) is 3.48. The third kappa shape index (κ3) is 4.91. The Morgan fingerprint density at radius 3 is 2.35 bits per heavy atom. The average Bonchev–Trinajstić information content (AvgIpc) is 2.83. The lowest BCUT2D eigenvalue weighted by Gasteiger charge is -2.12. The first kappa shape index (κ1) is 23.0. The van der Waals surface area contributed by atoms with Crippen LogP contribution < -0.4 is 5.32 Å². The highest BCUT2D eigenvalue weighted by atomic mass is 19.4. The van der Waals surface area contributed by atoms with Crippen LogP contribution in [-0.2, 0) is 10.9 Å². The van der Waals surface area contributed by atoms with Gasteiger partial charge in [-0.25, -0.2) is 9.78 Å². The van der Waals surface area contributed by atoms with Gasteiger partial charge in [-0.2, -0.15) is 13.2 Å². The van der Waals surface area contributed by atoms with E-state index in [0.29, 0.717) is 27.9 Å². The van der Waals surface area contributed by atoms with E-state index in [1.54, 1.807) is 61.5 Å². The Morgan fingerprint density at radius 2 is 1.65 bits per heavy atom. The molecule has 0 fully saturated rings. The van der Waals surface area contributed by atoms with Gasteiger partial charge in [0.25, 0.3) is 5.91 Å². The van der Waals surface area contributed by atoms with Crippen LogP contribution in [0.15, 0.2) is 78.9 Å². The maximum Gasteiger partial charge on any atom is 0.416 e. The molecular weight excluding hydrogens is 445 g/mol. The SMILES string of the molecule is CCOC(=O)c1ccc2ccc(NC(=O)c3ccccc3-c3ccc(C(F)(F)F)cc3)cc2n1. The second-order valence-corrected chi connectivity index (χ2v) is 7.40. The van der Waals surface area contributed by atoms with Gasteiger partial charge in [0.05, 0.1) is 17.7 Å². The van der Waals surface area contributed by atoms with Crippen molar-refractivity contribution in [2.75, 3.05) is 11.9 Å². The molecule has 0 spiro atoms. The molecule has 0 aliphatic carbocycles. The minimum absolute atomic E-state index is 0.158. The number of halogens is 3.